The maximum absolute atomic E-state index is 6.16. The van der Waals surface area contributed by atoms with Crippen molar-refractivity contribution < 1.29 is 0 Å². The molecule has 0 aromatic heterocycles. The van der Waals surface area contributed by atoms with E-state index in [1.54, 1.807) is 0 Å². The summed E-state index contributed by atoms with van der Waals surface area (Å²) in [6, 6.07) is 5.93. The van der Waals surface area contributed by atoms with Crippen LogP contribution < -0.4 is 5.32 Å². The molecular formula is C13H19BrClN3. The fourth-order valence-corrected chi connectivity index (χ4v) is 2.79. The molecule has 1 saturated heterocycles. The monoisotopic (exact) mass is 331 g/mol. The molecule has 3 nitrogen and oxygen atoms in total. The van der Waals surface area contributed by atoms with Gasteiger partial charge in [-0.3, -0.25) is 4.90 Å². The van der Waals surface area contributed by atoms with Gasteiger partial charge in [0.05, 0.1) is 10.7 Å². The van der Waals surface area contributed by atoms with E-state index in [1.807, 2.05) is 18.2 Å². The zero-order chi connectivity index (χ0) is 13.0. The summed E-state index contributed by atoms with van der Waals surface area (Å²) in [5.74, 6) is 0. The highest BCUT2D eigenvalue weighted by Gasteiger charge is 2.12. The third-order valence-corrected chi connectivity index (χ3v) is 4.08. The van der Waals surface area contributed by atoms with Gasteiger partial charge in [-0.1, -0.05) is 27.5 Å². The standard InChI is InChI=1S/C13H19BrClN3/c1-17-6-8-18(9-7-17)5-4-16-13-3-2-11(14)10-12(13)15/h2-3,10,16H,4-9H2,1H3. The van der Waals surface area contributed by atoms with Gasteiger partial charge in [0.25, 0.3) is 0 Å². The molecule has 0 spiro atoms. The summed E-state index contributed by atoms with van der Waals surface area (Å²) in [6.45, 7) is 6.65. The number of halogens is 2. The average molecular weight is 333 g/mol. The van der Waals surface area contributed by atoms with E-state index in [9.17, 15) is 0 Å². The van der Waals surface area contributed by atoms with Crippen LogP contribution in [0.25, 0.3) is 0 Å². The van der Waals surface area contributed by atoms with Crippen LogP contribution in [0.1, 0.15) is 0 Å². The number of anilines is 1. The Kier molecular flexibility index (Phi) is 5.30. The highest BCUT2D eigenvalue weighted by Crippen LogP contribution is 2.25. The molecule has 0 atom stereocenters. The second-order valence-electron chi connectivity index (χ2n) is 4.70. The van der Waals surface area contributed by atoms with Gasteiger partial charge in [0.1, 0.15) is 0 Å². The fraction of sp³-hybridized carbons (Fsp3) is 0.538. The van der Waals surface area contributed by atoms with E-state index in [2.05, 4.69) is 38.1 Å². The van der Waals surface area contributed by atoms with Gasteiger partial charge in [-0.25, -0.2) is 0 Å². The maximum Gasteiger partial charge on any atom is 0.0648 e. The van der Waals surface area contributed by atoms with Crippen molar-refractivity contribution in [2.45, 2.75) is 0 Å². The third kappa shape index (κ3) is 4.12. The molecule has 100 valence electrons. The molecular weight excluding hydrogens is 314 g/mol. The summed E-state index contributed by atoms with van der Waals surface area (Å²) in [7, 11) is 2.18. The number of piperazine rings is 1. The second-order valence-corrected chi connectivity index (χ2v) is 6.02. The number of benzene rings is 1. The minimum Gasteiger partial charge on any atom is -0.383 e. The van der Waals surface area contributed by atoms with Gasteiger partial charge in [-0.15, -0.1) is 0 Å². The Morgan fingerprint density at radius 3 is 2.67 bits per heavy atom. The molecule has 0 saturated carbocycles. The predicted octanol–water partition coefficient (Wildman–Crippen LogP) is 2.76. The first-order chi connectivity index (χ1) is 8.65. The average Bonchev–Trinajstić information content (AvgIpc) is 2.34. The molecule has 5 heteroatoms. The number of nitrogens with one attached hydrogen (secondary N) is 1. The molecule has 2 rings (SSSR count). The van der Waals surface area contributed by atoms with E-state index in [-0.39, 0.29) is 0 Å². The number of hydrogen-bond donors (Lipinski definition) is 1. The van der Waals surface area contributed by atoms with Gasteiger partial charge in [0.2, 0.25) is 0 Å². The summed E-state index contributed by atoms with van der Waals surface area (Å²) < 4.78 is 1.01. The number of hydrogen-bond acceptors (Lipinski definition) is 3. The van der Waals surface area contributed by atoms with Crippen molar-refractivity contribution in [1.29, 1.82) is 0 Å². The van der Waals surface area contributed by atoms with Crippen molar-refractivity contribution in [2.75, 3.05) is 51.6 Å². The minimum atomic E-state index is 0.766. The molecule has 1 fully saturated rings. The zero-order valence-corrected chi connectivity index (χ0v) is 13.0. The normalized spacial score (nSPS) is 17.9. The van der Waals surface area contributed by atoms with Gasteiger partial charge >= 0.3 is 0 Å². The quantitative estimate of drug-likeness (QED) is 0.914. The zero-order valence-electron chi connectivity index (χ0n) is 10.6. The summed E-state index contributed by atoms with van der Waals surface area (Å²) in [4.78, 5) is 4.86. The van der Waals surface area contributed by atoms with E-state index >= 15 is 0 Å². The Hall–Kier alpha value is -0.290. The lowest BCUT2D eigenvalue weighted by Crippen LogP contribution is -2.45. The Morgan fingerprint density at radius 2 is 2.00 bits per heavy atom. The topological polar surface area (TPSA) is 18.5 Å². The van der Waals surface area contributed by atoms with Crippen molar-refractivity contribution in [2.24, 2.45) is 0 Å². The lowest BCUT2D eigenvalue weighted by atomic mass is 10.3. The Bertz CT molecular complexity index is 392. The first-order valence-corrected chi connectivity index (χ1v) is 7.42. The number of likely N-dealkylation sites (N-methyl/N-ethyl adjacent to an activating group) is 1. The molecule has 0 radical (unpaired) electrons. The molecule has 1 aliphatic rings. The Balaban J connectivity index is 1.75. The van der Waals surface area contributed by atoms with Crippen molar-refractivity contribution in [3.8, 4) is 0 Å². The van der Waals surface area contributed by atoms with Gasteiger partial charge < -0.3 is 10.2 Å². The van der Waals surface area contributed by atoms with Crippen molar-refractivity contribution >= 4 is 33.2 Å². The number of nitrogens with zero attached hydrogens (tertiary/aromatic N) is 2. The minimum absolute atomic E-state index is 0.766. The van der Waals surface area contributed by atoms with Gasteiger partial charge in [-0.2, -0.15) is 0 Å². The van der Waals surface area contributed by atoms with Crippen LogP contribution in [0.2, 0.25) is 5.02 Å². The molecule has 1 aliphatic heterocycles. The molecule has 0 bridgehead atoms. The van der Waals surface area contributed by atoms with Gasteiger partial charge in [0, 0.05) is 43.7 Å². The van der Waals surface area contributed by atoms with Crippen LogP contribution in [0.15, 0.2) is 22.7 Å². The van der Waals surface area contributed by atoms with E-state index < -0.39 is 0 Å². The molecule has 1 heterocycles. The predicted molar refractivity (Wildman–Crippen MR) is 81.6 cm³/mol. The smallest absolute Gasteiger partial charge is 0.0648 e. The lowest BCUT2D eigenvalue weighted by Gasteiger charge is -2.32. The van der Waals surface area contributed by atoms with Crippen LogP contribution in [0.5, 0.6) is 0 Å². The van der Waals surface area contributed by atoms with Gasteiger partial charge in [-0.05, 0) is 25.2 Å². The first kappa shape index (κ1) is 14.1. The Morgan fingerprint density at radius 1 is 1.28 bits per heavy atom. The van der Waals surface area contributed by atoms with E-state index in [1.165, 1.54) is 13.1 Å². The van der Waals surface area contributed by atoms with Crippen LogP contribution >= 0.6 is 27.5 Å². The van der Waals surface area contributed by atoms with Crippen LogP contribution in [-0.4, -0.2) is 56.1 Å². The molecule has 1 aromatic rings. The van der Waals surface area contributed by atoms with E-state index in [0.717, 1.165) is 41.4 Å². The van der Waals surface area contributed by atoms with Gasteiger partial charge in [0.15, 0.2) is 0 Å². The maximum atomic E-state index is 6.16. The summed E-state index contributed by atoms with van der Waals surface area (Å²) in [5, 5.41) is 4.16. The largest absolute Gasteiger partial charge is 0.383 e. The molecule has 0 aliphatic carbocycles. The Labute approximate surface area is 122 Å². The van der Waals surface area contributed by atoms with Crippen LogP contribution in [-0.2, 0) is 0 Å². The first-order valence-electron chi connectivity index (χ1n) is 6.25. The number of rotatable bonds is 4. The molecule has 1 aromatic carbocycles. The van der Waals surface area contributed by atoms with Crippen molar-refractivity contribution in [3.63, 3.8) is 0 Å². The van der Waals surface area contributed by atoms with Crippen molar-refractivity contribution in [1.82, 2.24) is 9.80 Å². The third-order valence-electron chi connectivity index (χ3n) is 3.27. The molecule has 0 unspecified atom stereocenters. The summed E-state index contributed by atoms with van der Waals surface area (Å²) in [5.41, 5.74) is 1.01. The fourth-order valence-electron chi connectivity index (χ4n) is 2.05. The second kappa shape index (κ2) is 6.75. The molecule has 18 heavy (non-hydrogen) atoms. The molecule has 1 N–H and O–H groups in total. The summed E-state index contributed by atoms with van der Waals surface area (Å²) >= 11 is 9.56. The van der Waals surface area contributed by atoms with Crippen molar-refractivity contribution in [3.05, 3.63) is 27.7 Å². The lowest BCUT2D eigenvalue weighted by molar-refractivity contribution is 0.158. The van der Waals surface area contributed by atoms with Crippen LogP contribution in [0.4, 0.5) is 5.69 Å². The highest BCUT2D eigenvalue weighted by atomic mass is 79.9. The van der Waals surface area contributed by atoms with Crippen LogP contribution in [0.3, 0.4) is 0 Å². The SMILES string of the molecule is CN1CCN(CCNc2ccc(Br)cc2Cl)CC1. The summed E-state index contributed by atoms with van der Waals surface area (Å²) in [6.07, 6.45) is 0. The van der Waals surface area contributed by atoms with E-state index in [4.69, 9.17) is 11.6 Å². The molecule has 0 amide bonds. The van der Waals surface area contributed by atoms with E-state index in [0.29, 0.717) is 0 Å². The van der Waals surface area contributed by atoms with Crippen LogP contribution in [0, 0.1) is 0 Å². The highest BCUT2D eigenvalue weighted by molar-refractivity contribution is 9.10.